The van der Waals surface area contributed by atoms with Gasteiger partial charge in [-0.15, -0.1) is 0 Å². The van der Waals surface area contributed by atoms with Crippen molar-refractivity contribution in [1.29, 1.82) is 0 Å². The molecule has 4 nitrogen and oxygen atoms in total. The van der Waals surface area contributed by atoms with Crippen LogP contribution in [-0.2, 0) is 11.3 Å². The molecule has 0 atom stereocenters. The average Bonchev–Trinajstić information content (AvgIpc) is 3.17. The monoisotopic (exact) mass is 275 g/mol. The average molecular weight is 275 g/mol. The first kappa shape index (κ1) is 14.9. The first-order chi connectivity index (χ1) is 9.47. The zero-order valence-electron chi connectivity index (χ0n) is 12.6. The Morgan fingerprint density at radius 1 is 1.45 bits per heavy atom. The van der Waals surface area contributed by atoms with E-state index in [2.05, 4.69) is 49.2 Å². The van der Waals surface area contributed by atoms with E-state index >= 15 is 0 Å². The van der Waals surface area contributed by atoms with Crippen molar-refractivity contribution in [2.75, 3.05) is 11.4 Å². The Kier molecular flexibility index (Phi) is 4.65. The Morgan fingerprint density at radius 2 is 2.15 bits per heavy atom. The summed E-state index contributed by atoms with van der Waals surface area (Å²) in [5.74, 6) is -0.294. The van der Waals surface area contributed by atoms with Crippen LogP contribution in [0, 0.1) is 6.92 Å². The van der Waals surface area contributed by atoms with Crippen LogP contribution in [0.3, 0.4) is 0 Å². The number of hydrogen-bond donors (Lipinski definition) is 2. The molecule has 20 heavy (non-hydrogen) atoms. The Labute approximate surface area is 121 Å². The van der Waals surface area contributed by atoms with Crippen LogP contribution in [-0.4, -0.2) is 24.5 Å². The van der Waals surface area contributed by atoms with E-state index in [1.54, 1.807) is 0 Å². The molecular weight excluding hydrogens is 250 g/mol. The third kappa shape index (κ3) is 3.97. The number of nitrogens with zero attached hydrogens (tertiary/aromatic N) is 1. The van der Waals surface area contributed by atoms with Crippen molar-refractivity contribution in [3.05, 3.63) is 29.3 Å². The second kappa shape index (κ2) is 6.27. The lowest BCUT2D eigenvalue weighted by Gasteiger charge is -2.29. The lowest BCUT2D eigenvalue weighted by Crippen LogP contribution is -2.39. The van der Waals surface area contributed by atoms with Crippen molar-refractivity contribution in [2.24, 2.45) is 5.73 Å². The third-order valence-corrected chi connectivity index (χ3v) is 3.69. The lowest BCUT2D eigenvalue weighted by atomic mass is 10.1. The van der Waals surface area contributed by atoms with Gasteiger partial charge in [0.15, 0.2) is 0 Å². The maximum Gasteiger partial charge on any atom is 0.236 e. The fourth-order valence-corrected chi connectivity index (χ4v) is 2.41. The summed E-state index contributed by atoms with van der Waals surface area (Å²) in [5.41, 5.74) is 8.92. The highest BCUT2D eigenvalue weighted by molar-refractivity contribution is 5.80. The van der Waals surface area contributed by atoms with E-state index in [9.17, 15) is 4.79 Å². The Hall–Kier alpha value is -1.55. The minimum Gasteiger partial charge on any atom is -0.368 e. The van der Waals surface area contributed by atoms with E-state index in [0.29, 0.717) is 0 Å². The van der Waals surface area contributed by atoms with E-state index in [1.807, 2.05) is 0 Å². The van der Waals surface area contributed by atoms with Crippen LogP contribution in [0.2, 0.25) is 0 Å². The molecule has 110 valence electrons. The van der Waals surface area contributed by atoms with Gasteiger partial charge in [-0.2, -0.15) is 0 Å². The fourth-order valence-electron chi connectivity index (χ4n) is 2.41. The number of rotatable bonds is 7. The molecule has 0 heterocycles. The molecule has 0 bridgehead atoms. The highest BCUT2D eigenvalue weighted by Crippen LogP contribution is 2.24. The summed E-state index contributed by atoms with van der Waals surface area (Å²) in [5, 5.41) is 3.52. The van der Waals surface area contributed by atoms with Gasteiger partial charge in [0.1, 0.15) is 0 Å². The van der Waals surface area contributed by atoms with Gasteiger partial charge in [0, 0.05) is 24.3 Å². The summed E-state index contributed by atoms with van der Waals surface area (Å²) in [7, 11) is 0. The molecule has 1 aromatic rings. The lowest BCUT2D eigenvalue weighted by molar-refractivity contribution is -0.116. The van der Waals surface area contributed by atoms with E-state index < -0.39 is 0 Å². The topological polar surface area (TPSA) is 58.4 Å². The molecule has 0 radical (unpaired) electrons. The third-order valence-electron chi connectivity index (χ3n) is 3.69. The summed E-state index contributed by atoms with van der Waals surface area (Å²) in [6.45, 7) is 7.42. The maximum atomic E-state index is 11.2. The van der Waals surface area contributed by atoms with Crippen molar-refractivity contribution < 1.29 is 4.79 Å². The molecule has 0 spiro atoms. The fraction of sp³-hybridized carbons (Fsp3) is 0.562. The van der Waals surface area contributed by atoms with Gasteiger partial charge in [0.25, 0.3) is 0 Å². The van der Waals surface area contributed by atoms with Gasteiger partial charge in [0.05, 0.1) is 6.54 Å². The van der Waals surface area contributed by atoms with Crippen LogP contribution in [0.1, 0.15) is 37.8 Å². The second-order valence-electron chi connectivity index (χ2n) is 5.96. The SMILES string of the molecule is Cc1cc(CNC2CC2)ccc1N(CC(N)=O)C(C)C. The van der Waals surface area contributed by atoms with E-state index in [4.69, 9.17) is 5.73 Å². The molecule has 1 aliphatic rings. The van der Waals surface area contributed by atoms with Gasteiger partial charge in [-0.3, -0.25) is 4.79 Å². The summed E-state index contributed by atoms with van der Waals surface area (Å²) >= 11 is 0. The number of anilines is 1. The Bertz CT molecular complexity index is 481. The zero-order valence-corrected chi connectivity index (χ0v) is 12.6. The van der Waals surface area contributed by atoms with E-state index in [0.717, 1.165) is 18.3 Å². The van der Waals surface area contributed by atoms with Crippen LogP contribution >= 0.6 is 0 Å². The Morgan fingerprint density at radius 3 is 2.65 bits per heavy atom. The van der Waals surface area contributed by atoms with Crippen molar-refractivity contribution in [3.63, 3.8) is 0 Å². The molecular formula is C16H25N3O. The number of amides is 1. The van der Waals surface area contributed by atoms with Gasteiger partial charge in [-0.1, -0.05) is 12.1 Å². The van der Waals surface area contributed by atoms with Crippen LogP contribution < -0.4 is 16.0 Å². The minimum atomic E-state index is -0.294. The molecule has 1 amide bonds. The predicted molar refractivity (Wildman–Crippen MR) is 82.7 cm³/mol. The van der Waals surface area contributed by atoms with Crippen molar-refractivity contribution in [2.45, 2.75) is 52.2 Å². The van der Waals surface area contributed by atoms with Crippen molar-refractivity contribution >= 4 is 11.6 Å². The molecule has 2 rings (SSSR count). The number of carbonyl (C=O) groups excluding carboxylic acids is 1. The first-order valence-electron chi connectivity index (χ1n) is 7.35. The summed E-state index contributed by atoms with van der Waals surface area (Å²) in [6.07, 6.45) is 2.60. The number of benzene rings is 1. The van der Waals surface area contributed by atoms with Crippen LogP contribution in [0.15, 0.2) is 18.2 Å². The highest BCUT2D eigenvalue weighted by Gasteiger charge is 2.20. The standard InChI is InChI=1S/C16H25N3O/c1-11(2)19(10-16(17)20)15-7-4-13(8-12(15)3)9-18-14-5-6-14/h4,7-8,11,14,18H,5-6,9-10H2,1-3H3,(H2,17,20). The van der Waals surface area contributed by atoms with Crippen LogP contribution in [0.25, 0.3) is 0 Å². The van der Waals surface area contributed by atoms with E-state index in [1.165, 1.54) is 24.0 Å². The van der Waals surface area contributed by atoms with Gasteiger partial charge in [-0.05, 0) is 50.8 Å². The number of nitrogens with two attached hydrogens (primary N) is 1. The first-order valence-corrected chi connectivity index (χ1v) is 7.35. The molecule has 0 unspecified atom stereocenters. The highest BCUT2D eigenvalue weighted by atomic mass is 16.1. The molecule has 4 heteroatoms. The predicted octanol–water partition coefficient (Wildman–Crippen LogP) is 1.95. The number of nitrogens with one attached hydrogen (secondary N) is 1. The Balaban J connectivity index is 2.10. The van der Waals surface area contributed by atoms with Gasteiger partial charge < -0.3 is 16.0 Å². The molecule has 1 aromatic carbocycles. The molecule has 1 fully saturated rings. The van der Waals surface area contributed by atoms with Crippen molar-refractivity contribution in [1.82, 2.24) is 5.32 Å². The molecule has 3 N–H and O–H groups in total. The van der Waals surface area contributed by atoms with E-state index in [-0.39, 0.29) is 18.5 Å². The van der Waals surface area contributed by atoms with Crippen LogP contribution in [0.4, 0.5) is 5.69 Å². The van der Waals surface area contributed by atoms with Gasteiger partial charge in [0.2, 0.25) is 5.91 Å². The normalized spacial score (nSPS) is 14.6. The van der Waals surface area contributed by atoms with Gasteiger partial charge >= 0.3 is 0 Å². The zero-order chi connectivity index (χ0) is 14.7. The smallest absolute Gasteiger partial charge is 0.236 e. The quantitative estimate of drug-likeness (QED) is 0.799. The van der Waals surface area contributed by atoms with Crippen LogP contribution in [0.5, 0.6) is 0 Å². The number of carbonyl (C=O) groups is 1. The summed E-state index contributed by atoms with van der Waals surface area (Å²) in [6, 6.07) is 7.39. The molecule has 0 aliphatic heterocycles. The molecule has 1 aliphatic carbocycles. The second-order valence-corrected chi connectivity index (χ2v) is 5.96. The largest absolute Gasteiger partial charge is 0.368 e. The molecule has 0 aromatic heterocycles. The number of aryl methyl sites for hydroxylation is 1. The van der Waals surface area contributed by atoms with Crippen molar-refractivity contribution in [3.8, 4) is 0 Å². The minimum absolute atomic E-state index is 0.247. The summed E-state index contributed by atoms with van der Waals surface area (Å²) in [4.78, 5) is 13.3. The molecule has 1 saturated carbocycles. The molecule has 0 saturated heterocycles. The number of hydrogen-bond acceptors (Lipinski definition) is 3. The number of primary amides is 1. The summed E-state index contributed by atoms with van der Waals surface area (Å²) < 4.78 is 0. The van der Waals surface area contributed by atoms with Gasteiger partial charge in [-0.25, -0.2) is 0 Å². The maximum absolute atomic E-state index is 11.2.